The lowest BCUT2D eigenvalue weighted by Gasteiger charge is -2.06. The maximum atomic E-state index is 11.7. The van der Waals surface area contributed by atoms with Gasteiger partial charge in [0.05, 0.1) is 11.9 Å². The molecule has 1 aromatic heterocycles. The lowest BCUT2D eigenvalue weighted by atomic mass is 10.2. The summed E-state index contributed by atoms with van der Waals surface area (Å²) in [5, 5.41) is 5.47. The quantitative estimate of drug-likeness (QED) is 0.700. The molecule has 0 unspecified atom stereocenters. The van der Waals surface area contributed by atoms with E-state index in [1.165, 1.54) is 12.4 Å². The van der Waals surface area contributed by atoms with Crippen LogP contribution < -0.4 is 10.6 Å². The molecule has 110 valence electrons. The predicted octanol–water partition coefficient (Wildman–Crippen LogP) is 1.21. The van der Waals surface area contributed by atoms with E-state index in [0.29, 0.717) is 13.1 Å². The fourth-order valence-corrected chi connectivity index (χ4v) is 1.58. The lowest BCUT2D eigenvalue weighted by Crippen LogP contribution is -2.31. The van der Waals surface area contributed by atoms with Crippen LogP contribution in [0.25, 0.3) is 0 Å². The first-order valence-corrected chi connectivity index (χ1v) is 6.97. The van der Waals surface area contributed by atoms with Crippen molar-refractivity contribution < 1.29 is 9.59 Å². The normalized spacial score (nSPS) is 10.1. The van der Waals surface area contributed by atoms with Crippen LogP contribution in [-0.4, -0.2) is 34.9 Å². The topological polar surface area (TPSA) is 84.0 Å². The number of carbonyl (C=O) groups is 2. The molecule has 0 fully saturated rings. The van der Waals surface area contributed by atoms with Crippen LogP contribution in [0.15, 0.2) is 12.4 Å². The summed E-state index contributed by atoms with van der Waals surface area (Å²) in [6.07, 6.45) is 6.47. The third-order valence-corrected chi connectivity index (χ3v) is 2.75. The minimum atomic E-state index is -0.309. The third-order valence-electron chi connectivity index (χ3n) is 2.75. The molecule has 0 saturated heterocycles. The average molecular weight is 278 g/mol. The Morgan fingerprint density at radius 3 is 2.55 bits per heavy atom. The van der Waals surface area contributed by atoms with Gasteiger partial charge >= 0.3 is 0 Å². The van der Waals surface area contributed by atoms with Crippen molar-refractivity contribution in [2.24, 2.45) is 0 Å². The van der Waals surface area contributed by atoms with Gasteiger partial charge in [-0.2, -0.15) is 0 Å². The highest BCUT2D eigenvalue weighted by Gasteiger charge is 2.07. The molecular formula is C14H22N4O2. The van der Waals surface area contributed by atoms with E-state index in [2.05, 4.69) is 27.5 Å². The molecule has 0 radical (unpaired) electrons. The summed E-state index contributed by atoms with van der Waals surface area (Å²) in [7, 11) is 0. The van der Waals surface area contributed by atoms with Crippen LogP contribution >= 0.6 is 0 Å². The van der Waals surface area contributed by atoms with E-state index in [-0.39, 0.29) is 23.9 Å². The van der Waals surface area contributed by atoms with Gasteiger partial charge in [-0.25, -0.2) is 4.98 Å². The van der Waals surface area contributed by atoms with E-state index in [9.17, 15) is 9.59 Å². The van der Waals surface area contributed by atoms with E-state index in [4.69, 9.17) is 0 Å². The monoisotopic (exact) mass is 278 g/mol. The first kappa shape index (κ1) is 16.1. The zero-order chi connectivity index (χ0) is 14.8. The lowest BCUT2D eigenvalue weighted by molar-refractivity contribution is -0.120. The van der Waals surface area contributed by atoms with Gasteiger partial charge in [0.2, 0.25) is 5.91 Å². The van der Waals surface area contributed by atoms with Crippen molar-refractivity contribution in [3.8, 4) is 0 Å². The standard InChI is InChI=1S/C14H22N4O2/c1-3-4-5-7-15-13(19)6-8-16-14(20)12-10-17-11(2)9-18-12/h9-10H,3-8H2,1-2H3,(H,15,19)(H,16,20). The molecule has 0 bridgehead atoms. The minimum absolute atomic E-state index is 0.0450. The molecule has 0 aliphatic rings. The molecule has 20 heavy (non-hydrogen) atoms. The first-order chi connectivity index (χ1) is 9.63. The van der Waals surface area contributed by atoms with Gasteiger partial charge in [0.15, 0.2) is 0 Å². The van der Waals surface area contributed by atoms with Crippen molar-refractivity contribution in [3.05, 3.63) is 23.8 Å². The van der Waals surface area contributed by atoms with Gasteiger partial charge in [-0.05, 0) is 13.3 Å². The Labute approximate surface area is 119 Å². The highest BCUT2D eigenvalue weighted by molar-refractivity contribution is 5.92. The Bertz CT molecular complexity index is 431. The smallest absolute Gasteiger partial charge is 0.271 e. The Kier molecular flexibility index (Phi) is 7.24. The molecule has 0 aliphatic carbocycles. The Morgan fingerprint density at radius 2 is 1.90 bits per heavy atom. The molecule has 2 amide bonds. The fraction of sp³-hybridized carbons (Fsp3) is 0.571. The number of carbonyl (C=O) groups excluding carboxylic acids is 2. The van der Waals surface area contributed by atoms with E-state index in [0.717, 1.165) is 25.0 Å². The van der Waals surface area contributed by atoms with Crippen molar-refractivity contribution in [1.82, 2.24) is 20.6 Å². The van der Waals surface area contributed by atoms with Crippen LogP contribution in [0.4, 0.5) is 0 Å². The van der Waals surface area contributed by atoms with Crippen molar-refractivity contribution in [1.29, 1.82) is 0 Å². The summed E-state index contributed by atoms with van der Waals surface area (Å²) < 4.78 is 0. The molecule has 0 saturated carbocycles. The van der Waals surface area contributed by atoms with Gasteiger partial charge in [0.25, 0.3) is 5.91 Å². The second kappa shape index (κ2) is 9.01. The van der Waals surface area contributed by atoms with E-state index < -0.39 is 0 Å². The van der Waals surface area contributed by atoms with Crippen LogP contribution in [0.2, 0.25) is 0 Å². The molecular weight excluding hydrogens is 256 g/mol. The molecule has 1 rings (SSSR count). The van der Waals surface area contributed by atoms with E-state index in [1.807, 2.05) is 0 Å². The summed E-state index contributed by atoms with van der Waals surface area (Å²) >= 11 is 0. The zero-order valence-corrected chi connectivity index (χ0v) is 12.1. The minimum Gasteiger partial charge on any atom is -0.356 e. The van der Waals surface area contributed by atoms with Crippen LogP contribution in [0, 0.1) is 6.92 Å². The fourth-order valence-electron chi connectivity index (χ4n) is 1.58. The first-order valence-electron chi connectivity index (χ1n) is 6.97. The second-order valence-electron chi connectivity index (χ2n) is 4.61. The molecule has 1 heterocycles. The maximum absolute atomic E-state index is 11.7. The number of aromatic nitrogens is 2. The number of nitrogens with one attached hydrogen (secondary N) is 2. The predicted molar refractivity (Wildman–Crippen MR) is 76.3 cm³/mol. The summed E-state index contributed by atoms with van der Waals surface area (Å²) in [6, 6.07) is 0. The number of nitrogens with zero attached hydrogens (tertiary/aromatic N) is 2. The highest BCUT2D eigenvalue weighted by Crippen LogP contribution is 1.94. The van der Waals surface area contributed by atoms with Gasteiger partial charge in [-0.1, -0.05) is 19.8 Å². The second-order valence-corrected chi connectivity index (χ2v) is 4.61. The SMILES string of the molecule is CCCCCNC(=O)CCNC(=O)c1cnc(C)cn1. The molecule has 0 aliphatic heterocycles. The Hall–Kier alpha value is -1.98. The van der Waals surface area contributed by atoms with Crippen molar-refractivity contribution in [2.75, 3.05) is 13.1 Å². The van der Waals surface area contributed by atoms with Gasteiger partial charge in [0, 0.05) is 25.7 Å². The zero-order valence-electron chi connectivity index (χ0n) is 12.1. The van der Waals surface area contributed by atoms with Gasteiger partial charge in [0.1, 0.15) is 5.69 Å². The number of amides is 2. The van der Waals surface area contributed by atoms with Crippen LogP contribution in [0.3, 0.4) is 0 Å². The summed E-state index contributed by atoms with van der Waals surface area (Å²) in [4.78, 5) is 31.1. The number of unbranched alkanes of at least 4 members (excludes halogenated alkanes) is 2. The van der Waals surface area contributed by atoms with Gasteiger partial charge in [-0.3, -0.25) is 14.6 Å². The highest BCUT2D eigenvalue weighted by atomic mass is 16.2. The van der Waals surface area contributed by atoms with Gasteiger partial charge in [-0.15, -0.1) is 0 Å². The molecule has 0 aromatic carbocycles. The summed E-state index contributed by atoms with van der Waals surface area (Å²) in [5.74, 6) is -0.354. The van der Waals surface area contributed by atoms with E-state index in [1.54, 1.807) is 6.92 Å². The molecule has 0 spiro atoms. The summed E-state index contributed by atoms with van der Waals surface area (Å²) in [5.41, 5.74) is 1.02. The molecule has 2 N–H and O–H groups in total. The van der Waals surface area contributed by atoms with E-state index >= 15 is 0 Å². The van der Waals surface area contributed by atoms with Crippen molar-refractivity contribution in [2.45, 2.75) is 39.5 Å². The largest absolute Gasteiger partial charge is 0.356 e. The van der Waals surface area contributed by atoms with Crippen LogP contribution in [0.1, 0.15) is 48.8 Å². The number of rotatable bonds is 8. The number of aryl methyl sites for hydroxylation is 1. The molecule has 0 atom stereocenters. The van der Waals surface area contributed by atoms with Crippen LogP contribution in [-0.2, 0) is 4.79 Å². The third kappa shape index (κ3) is 6.26. The molecule has 6 nitrogen and oxygen atoms in total. The van der Waals surface area contributed by atoms with Gasteiger partial charge < -0.3 is 10.6 Å². The Balaban J connectivity index is 2.18. The van der Waals surface area contributed by atoms with Crippen molar-refractivity contribution >= 4 is 11.8 Å². The molecule has 1 aromatic rings. The molecule has 6 heteroatoms. The summed E-state index contributed by atoms with van der Waals surface area (Å²) in [6.45, 7) is 4.92. The Morgan fingerprint density at radius 1 is 1.10 bits per heavy atom. The van der Waals surface area contributed by atoms with Crippen LogP contribution in [0.5, 0.6) is 0 Å². The number of hydrogen-bond acceptors (Lipinski definition) is 4. The maximum Gasteiger partial charge on any atom is 0.271 e. The number of hydrogen-bond donors (Lipinski definition) is 2. The van der Waals surface area contributed by atoms with Crippen molar-refractivity contribution in [3.63, 3.8) is 0 Å². The average Bonchev–Trinajstić information content (AvgIpc) is 2.44.